The van der Waals surface area contributed by atoms with Crippen molar-refractivity contribution in [2.75, 3.05) is 12.4 Å². The Balaban J connectivity index is 2.80. The van der Waals surface area contributed by atoms with Crippen LogP contribution in [-0.4, -0.2) is 26.8 Å². The number of fused-ring (bicyclic) bond motifs is 1. The van der Waals surface area contributed by atoms with E-state index in [1.165, 1.54) is 6.20 Å². The fourth-order valence-electron chi connectivity index (χ4n) is 1.31. The Morgan fingerprint density at radius 1 is 1.67 bits per heavy atom. The van der Waals surface area contributed by atoms with E-state index in [0.29, 0.717) is 22.2 Å². The van der Waals surface area contributed by atoms with E-state index in [2.05, 4.69) is 22.0 Å². The molecule has 2 rings (SSSR count). The minimum atomic E-state index is -0.0816. The molecule has 15 heavy (non-hydrogen) atoms. The third-order valence-electron chi connectivity index (χ3n) is 2.01. The molecule has 0 aromatic carbocycles. The lowest BCUT2D eigenvalue weighted by Crippen LogP contribution is -2.01. The second-order valence-corrected chi connectivity index (χ2v) is 3.34. The maximum atomic E-state index is 9.31. The lowest BCUT2D eigenvalue weighted by Gasteiger charge is -2.04. The predicted octanol–water partition coefficient (Wildman–Crippen LogP) is 1.95. The number of anilines is 1. The number of hydrogen-bond donors (Lipinski definition) is 2. The molecule has 0 saturated heterocycles. The highest BCUT2D eigenvalue weighted by Crippen LogP contribution is 2.21. The van der Waals surface area contributed by atoms with E-state index in [9.17, 15) is 5.11 Å². The second-order valence-electron chi connectivity index (χ2n) is 2.95. The van der Waals surface area contributed by atoms with Crippen LogP contribution in [0.15, 0.2) is 18.8 Å². The van der Waals surface area contributed by atoms with Crippen molar-refractivity contribution in [3.8, 4) is 0 Å². The van der Waals surface area contributed by atoms with Crippen molar-refractivity contribution in [1.29, 1.82) is 0 Å². The molecule has 0 spiro atoms. The molecule has 78 valence electrons. The van der Waals surface area contributed by atoms with Crippen molar-refractivity contribution in [3.63, 3.8) is 0 Å². The predicted molar refractivity (Wildman–Crippen MR) is 59.2 cm³/mol. The van der Waals surface area contributed by atoms with Crippen LogP contribution in [0.1, 0.15) is 5.56 Å². The van der Waals surface area contributed by atoms with Crippen LogP contribution in [0, 0.1) is 0 Å². The van der Waals surface area contributed by atoms with E-state index in [4.69, 9.17) is 11.6 Å². The normalized spacial score (nSPS) is 10.5. The Bertz CT molecular complexity index is 534. The first kappa shape index (κ1) is 9.79. The number of nitrogens with one attached hydrogen (secondary N) is 1. The molecule has 2 aromatic heterocycles. The molecule has 0 saturated carbocycles. The Morgan fingerprint density at radius 2 is 2.40 bits per heavy atom. The quantitative estimate of drug-likeness (QED) is 0.605. The van der Waals surface area contributed by atoms with Crippen LogP contribution < -0.4 is 5.32 Å². The summed E-state index contributed by atoms with van der Waals surface area (Å²) in [5.41, 5.74) is 0.938. The van der Waals surface area contributed by atoms with Gasteiger partial charge >= 0.3 is 0 Å². The maximum Gasteiger partial charge on any atom is 0.169 e. The van der Waals surface area contributed by atoms with Crippen molar-refractivity contribution in [3.05, 3.63) is 29.6 Å². The van der Waals surface area contributed by atoms with Crippen LogP contribution in [0.3, 0.4) is 0 Å². The molecular formula is C9H9ClN4O. The van der Waals surface area contributed by atoms with Gasteiger partial charge in [0.2, 0.25) is 0 Å². The first-order chi connectivity index (χ1) is 7.13. The summed E-state index contributed by atoms with van der Waals surface area (Å²) >= 11 is 5.83. The lowest BCUT2D eigenvalue weighted by atomic mass is 10.3. The molecule has 2 N–H and O–H groups in total. The van der Waals surface area contributed by atoms with Crippen molar-refractivity contribution in [2.24, 2.45) is 0 Å². The van der Waals surface area contributed by atoms with Gasteiger partial charge in [0.25, 0.3) is 0 Å². The highest BCUT2D eigenvalue weighted by molar-refractivity contribution is 6.29. The number of aliphatic hydroxyl groups is 1. The lowest BCUT2D eigenvalue weighted by molar-refractivity contribution is 0.514. The first-order valence-electron chi connectivity index (χ1n) is 4.23. The van der Waals surface area contributed by atoms with Crippen molar-refractivity contribution in [1.82, 2.24) is 14.6 Å². The van der Waals surface area contributed by atoms with Gasteiger partial charge in [-0.15, -0.1) is 0 Å². The molecule has 0 unspecified atom stereocenters. The number of rotatable bonds is 2. The summed E-state index contributed by atoms with van der Waals surface area (Å²) in [6.45, 7) is 3.43. The van der Waals surface area contributed by atoms with Crippen LogP contribution in [0.4, 0.5) is 5.82 Å². The Hall–Kier alpha value is -1.75. The van der Waals surface area contributed by atoms with Crippen molar-refractivity contribution >= 4 is 28.8 Å². The van der Waals surface area contributed by atoms with Gasteiger partial charge in [-0.25, -0.2) is 4.98 Å². The Labute approximate surface area is 91.0 Å². The molecule has 2 aromatic rings. The Kier molecular flexibility index (Phi) is 2.24. The van der Waals surface area contributed by atoms with E-state index in [1.807, 2.05) is 0 Å². The highest BCUT2D eigenvalue weighted by atomic mass is 35.5. The second kappa shape index (κ2) is 3.43. The van der Waals surface area contributed by atoms with E-state index < -0.39 is 0 Å². The third-order valence-corrected chi connectivity index (χ3v) is 2.20. The molecule has 0 radical (unpaired) electrons. The number of aliphatic hydroxyl groups excluding tert-OH is 1. The van der Waals surface area contributed by atoms with Gasteiger partial charge in [-0.2, -0.15) is 9.61 Å². The number of nitrogens with zero attached hydrogens (tertiary/aromatic N) is 3. The van der Waals surface area contributed by atoms with Crippen molar-refractivity contribution < 1.29 is 5.11 Å². The zero-order valence-electron chi connectivity index (χ0n) is 8.03. The molecule has 0 bridgehead atoms. The smallest absolute Gasteiger partial charge is 0.169 e. The largest absolute Gasteiger partial charge is 0.508 e. The Morgan fingerprint density at radius 3 is 3.00 bits per heavy atom. The van der Waals surface area contributed by atoms with Gasteiger partial charge in [-0.1, -0.05) is 18.2 Å². The summed E-state index contributed by atoms with van der Waals surface area (Å²) < 4.78 is 1.54. The van der Waals surface area contributed by atoms with Gasteiger partial charge in [0, 0.05) is 13.1 Å². The molecule has 0 amide bonds. The summed E-state index contributed by atoms with van der Waals surface area (Å²) in [5.74, 6) is 0.610. The molecule has 0 fully saturated rings. The van der Waals surface area contributed by atoms with Crippen LogP contribution in [-0.2, 0) is 0 Å². The van der Waals surface area contributed by atoms with Gasteiger partial charge in [-0.05, 0) is 0 Å². The average molecular weight is 225 g/mol. The molecular weight excluding hydrogens is 216 g/mol. The van der Waals surface area contributed by atoms with Crippen LogP contribution >= 0.6 is 11.6 Å². The average Bonchev–Trinajstić information content (AvgIpc) is 2.59. The molecule has 0 aliphatic rings. The van der Waals surface area contributed by atoms with Gasteiger partial charge in [0.1, 0.15) is 16.7 Å². The minimum absolute atomic E-state index is 0.0816. The molecule has 2 heterocycles. The van der Waals surface area contributed by atoms with E-state index in [1.54, 1.807) is 17.6 Å². The first-order valence-corrected chi connectivity index (χ1v) is 4.61. The number of halogens is 1. The van der Waals surface area contributed by atoms with Crippen LogP contribution in [0.5, 0.6) is 0 Å². The summed E-state index contributed by atoms with van der Waals surface area (Å²) in [7, 11) is 1.75. The zero-order valence-corrected chi connectivity index (χ0v) is 8.78. The molecule has 0 aliphatic heterocycles. The SMILES string of the molecule is C=C(O)c1cnn2c(NC)cc(Cl)nc12. The maximum absolute atomic E-state index is 9.31. The van der Waals surface area contributed by atoms with E-state index >= 15 is 0 Å². The van der Waals surface area contributed by atoms with Gasteiger partial charge < -0.3 is 10.4 Å². The van der Waals surface area contributed by atoms with Gasteiger partial charge in [0.15, 0.2) is 5.65 Å². The monoisotopic (exact) mass is 224 g/mol. The third kappa shape index (κ3) is 1.50. The molecule has 5 nitrogen and oxygen atoms in total. The number of hydrogen-bond acceptors (Lipinski definition) is 4. The fraction of sp³-hybridized carbons (Fsp3) is 0.111. The molecule has 6 heteroatoms. The molecule has 0 atom stereocenters. The summed E-state index contributed by atoms with van der Waals surface area (Å²) in [6.07, 6.45) is 1.49. The fourth-order valence-corrected chi connectivity index (χ4v) is 1.50. The van der Waals surface area contributed by atoms with Crippen molar-refractivity contribution in [2.45, 2.75) is 0 Å². The topological polar surface area (TPSA) is 62.5 Å². The highest BCUT2D eigenvalue weighted by Gasteiger charge is 2.11. The standard InChI is InChI=1S/C9H9ClN4O/c1-5(15)6-4-12-14-8(11-2)3-7(10)13-9(6)14/h3-4,11,15H,1H2,2H3. The van der Waals surface area contributed by atoms with E-state index in [0.717, 1.165) is 0 Å². The minimum Gasteiger partial charge on any atom is -0.508 e. The zero-order chi connectivity index (χ0) is 11.0. The summed E-state index contributed by atoms with van der Waals surface area (Å²) in [6, 6.07) is 1.64. The van der Waals surface area contributed by atoms with Crippen LogP contribution in [0.25, 0.3) is 11.4 Å². The molecule has 0 aliphatic carbocycles. The number of aromatic nitrogens is 3. The van der Waals surface area contributed by atoms with Gasteiger partial charge in [0.05, 0.1) is 11.8 Å². The summed E-state index contributed by atoms with van der Waals surface area (Å²) in [5, 5.41) is 16.6. The van der Waals surface area contributed by atoms with E-state index in [-0.39, 0.29) is 5.76 Å². The van der Waals surface area contributed by atoms with Gasteiger partial charge in [-0.3, -0.25) is 0 Å². The van der Waals surface area contributed by atoms with Crippen LogP contribution in [0.2, 0.25) is 5.15 Å². The summed E-state index contributed by atoms with van der Waals surface area (Å²) in [4.78, 5) is 4.07.